The van der Waals surface area contributed by atoms with E-state index in [0.29, 0.717) is 10.6 Å². The van der Waals surface area contributed by atoms with Gasteiger partial charge in [-0.25, -0.2) is 0 Å². The first-order chi connectivity index (χ1) is 8.95. The van der Waals surface area contributed by atoms with Crippen molar-refractivity contribution in [1.29, 1.82) is 0 Å². The Bertz CT molecular complexity index is 617. The number of amides is 1. The van der Waals surface area contributed by atoms with Crippen molar-refractivity contribution < 1.29 is 4.79 Å². The van der Waals surface area contributed by atoms with E-state index in [0.717, 1.165) is 17.0 Å². The Morgan fingerprint density at radius 2 is 1.95 bits per heavy atom. The smallest absolute Gasteiger partial charge is 0.252 e. The first-order valence-corrected chi connectivity index (χ1v) is 6.43. The molecule has 0 unspecified atom stereocenters. The van der Waals surface area contributed by atoms with Crippen LogP contribution < -0.4 is 5.73 Å². The quantitative estimate of drug-likeness (QED) is 0.936. The van der Waals surface area contributed by atoms with Crippen LogP contribution in [-0.4, -0.2) is 15.5 Å². The summed E-state index contributed by atoms with van der Waals surface area (Å²) in [5.41, 5.74) is 8.34. The molecular weight excluding hydrogens is 262 g/mol. The number of rotatable bonds is 3. The predicted octanol–water partition coefficient (Wildman–Crippen LogP) is 3.19. The molecule has 0 bridgehead atoms. The van der Waals surface area contributed by atoms with Crippen molar-refractivity contribution in [2.45, 2.75) is 26.8 Å². The fraction of sp³-hybridized carbons (Fsp3) is 0.286. The van der Waals surface area contributed by atoms with Crippen LogP contribution in [0, 0.1) is 6.92 Å². The van der Waals surface area contributed by atoms with Gasteiger partial charge in [0.05, 0.1) is 16.3 Å². The third-order valence-electron chi connectivity index (χ3n) is 3.11. The lowest BCUT2D eigenvalue weighted by Crippen LogP contribution is -2.13. The summed E-state index contributed by atoms with van der Waals surface area (Å²) in [4.78, 5) is 15.6. The van der Waals surface area contributed by atoms with Crippen LogP contribution in [0.5, 0.6) is 0 Å². The normalized spacial score (nSPS) is 11.0. The molecule has 0 aliphatic heterocycles. The van der Waals surface area contributed by atoms with Crippen LogP contribution in [0.15, 0.2) is 24.5 Å². The molecule has 2 rings (SSSR count). The highest BCUT2D eigenvalue weighted by Gasteiger charge is 2.24. The van der Waals surface area contributed by atoms with E-state index < -0.39 is 5.91 Å². The zero-order valence-corrected chi connectivity index (χ0v) is 11.9. The van der Waals surface area contributed by atoms with Crippen LogP contribution in [0.3, 0.4) is 0 Å². The Balaban J connectivity index is 2.80. The van der Waals surface area contributed by atoms with Crippen molar-refractivity contribution in [3.63, 3.8) is 0 Å². The summed E-state index contributed by atoms with van der Waals surface area (Å²) in [6.45, 7) is 5.94. The molecule has 100 valence electrons. The second-order valence-electron chi connectivity index (χ2n) is 4.69. The summed E-state index contributed by atoms with van der Waals surface area (Å²) in [6, 6.07) is 3.91. The molecule has 4 nitrogen and oxygen atoms in total. The zero-order chi connectivity index (χ0) is 14.2. The fourth-order valence-electron chi connectivity index (χ4n) is 2.38. The number of carbonyl (C=O) groups is 1. The minimum absolute atomic E-state index is 0.175. The van der Waals surface area contributed by atoms with Gasteiger partial charge in [0.15, 0.2) is 0 Å². The van der Waals surface area contributed by atoms with Crippen molar-refractivity contribution in [3.05, 3.63) is 40.8 Å². The lowest BCUT2D eigenvalue weighted by Gasteiger charge is -2.15. The Morgan fingerprint density at radius 3 is 2.42 bits per heavy atom. The van der Waals surface area contributed by atoms with Gasteiger partial charge in [0.25, 0.3) is 5.91 Å². The van der Waals surface area contributed by atoms with Crippen LogP contribution in [0.2, 0.25) is 5.02 Å². The molecule has 0 saturated heterocycles. The number of pyridine rings is 1. The van der Waals surface area contributed by atoms with E-state index in [9.17, 15) is 4.79 Å². The Hall–Kier alpha value is -1.81. The Labute approximate surface area is 117 Å². The molecule has 0 fully saturated rings. The molecule has 2 aromatic rings. The lowest BCUT2D eigenvalue weighted by molar-refractivity contribution is 0.0999. The monoisotopic (exact) mass is 277 g/mol. The molecule has 0 atom stereocenters. The van der Waals surface area contributed by atoms with Gasteiger partial charge in [-0.2, -0.15) is 0 Å². The largest absolute Gasteiger partial charge is 0.365 e. The second-order valence-corrected chi connectivity index (χ2v) is 5.06. The minimum Gasteiger partial charge on any atom is -0.365 e. The maximum atomic E-state index is 11.6. The van der Waals surface area contributed by atoms with Crippen molar-refractivity contribution in [2.75, 3.05) is 0 Å². The van der Waals surface area contributed by atoms with Gasteiger partial charge in [-0.1, -0.05) is 11.6 Å². The number of halogens is 1. The van der Waals surface area contributed by atoms with Crippen molar-refractivity contribution in [2.24, 2.45) is 5.73 Å². The summed E-state index contributed by atoms with van der Waals surface area (Å²) in [5, 5.41) is 0.407. The van der Waals surface area contributed by atoms with Gasteiger partial charge in [-0.05, 0) is 32.9 Å². The van der Waals surface area contributed by atoms with Crippen LogP contribution in [0.1, 0.15) is 35.9 Å². The number of carbonyl (C=O) groups excluding carboxylic acids is 1. The number of nitrogens with zero attached hydrogens (tertiary/aromatic N) is 2. The molecule has 0 radical (unpaired) electrons. The Morgan fingerprint density at radius 1 is 1.37 bits per heavy atom. The molecule has 2 heterocycles. The Kier molecular flexibility index (Phi) is 3.62. The number of nitrogens with two attached hydrogens (primary N) is 1. The predicted molar refractivity (Wildman–Crippen MR) is 76.3 cm³/mol. The van der Waals surface area contributed by atoms with Gasteiger partial charge in [0, 0.05) is 29.7 Å². The summed E-state index contributed by atoms with van der Waals surface area (Å²) < 4.78 is 2.03. The minimum atomic E-state index is -0.503. The van der Waals surface area contributed by atoms with E-state index >= 15 is 0 Å². The molecule has 2 N–H and O–H groups in total. The van der Waals surface area contributed by atoms with Gasteiger partial charge in [-0.3, -0.25) is 9.78 Å². The van der Waals surface area contributed by atoms with Crippen molar-refractivity contribution >= 4 is 17.5 Å². The summed E-state index contributed by atoms with van der Waals surface area (Å²) in [5.74, 6) is -0.503. The van der Waals surface area contributed by atoms with Gasteiger partial charge in [0.2, 0.25) is 0 Å². The van der Waals surface area contributed by atoms with E-state index in [-0.39, 0.29) is 6.04 Å². The molecule has 2 aromatic heterocycles. The van der Waals surface area contributed by atoms with Crippen LogP contribution >= 0.6 is 11.6 Å². The fourth-order valence-corrected chi connectivity index (χ4v) is 2.81. The molecule has 1 amide bonds. The van der Waals surface area contributed by atoms with Gasteiger partial charge >= 0.3 is 0 Å². The molecule has 0 spiro atoms. The van der Waals surface area contributed by atoms with Gasteiger partial charge < -0.3 is 10.3 Å². The van der Waals surface area contributed by atoms with Crippen molar-refractivity contribution in [3.8, 4) is 11.3 Å². The standard InChI is InChI=1S/C14H16ClN3O/c1-8(2)18-9(3)11(14(16)19)12(15)13(18)10-4-6-17-7-5-10/h4-8H,1-3H3,(H2,16,19). The lowest BCUT2D eigenvalue weighted by atomic mass is 10.1. The maximum Gasteiger partial charge on any atom is 0.252 e. The number of hydrogen-bond donors (Lipinski definition) is 1. The van der Waals surface area contributed by atoms with E-state index in [1.54, 1.807) is 12.4 Å². The average Bonchev–Trinajstić information content (AvgIpc) is 2.61. The van der Waals surface area contributed by atoms with Gasteiger partial charge in [0.1, 0.15) is 0 Å². The van der Waals surface area contributed by atoms with Crippen LogP contribution in [-0.2, 0) is 0 Å². The number of aromatic nitrogens is 2. The topological polar surface area (TPSA) is 60.9 Å². The molecule has 5 heteroatoms. The maximum absolute atomic E-state index is 11.6. The van der Waals surface area contributed by atoms with Crippen LogP contribution in [0.25, 0.3) is 11.3 Å². The average molecular weight is 278 g/mol. The van der Waals surface area contributed by atoms with E-state index in [1.807, 2.05) is 37.5 Å². The first-order valence-electron chi connectivity index (χ1n) is 6.05. The SMILES string of the molecule is Cc1c(C(N)=O)c(Cl)c(-c2ccncc2)n1C(C)C. The second kappa shape index (κ2) is 5.05. The van der Waals surface area contributed by atoms with Crippen LogP contribution in [0.4, 0.5) is 0 Å². The number of hydrogen-bond acceptors (Lipinski definition) is 2. The number of primary amides is 1. The zero-order valence-electron chi connectivity index (χ0n) is 11.1. The highest BCUT2D eigenvalue weighted by atomic mass is 35.5. The summed E-state index contributed by atoms with van der Waals surface area (Å²) in [7, 11) is 0. The third kappa shape index (κ3) is 2.24. The molecule has 0 aromatic carbocycles. The molecule has 0 saturated carbocycles. The van der Waals surface area contributed by atoms with E-state index in [2.05, 4.69) is 4.98 Å². The van der Waals surface area contributed by atoms with Gasteiger partial charge in [-0.15, -0.1) is 0 Å². The summed E-state index contributed by atoms with van der Waals surface area (Å²) >= 11 is 6.37. The van der Waals surface area contributed by atoms with E-state index in [4.69, 9.17) is 17.3 Å². The highest BCUT2D eigenvalue weighted by molar-refractivity contribution is 6.36. The van der Waals surface area contributed by atoms with Crippen molar-refractivity contribution in [1.82, 2.24) is 9.55 Å². The van der Waals surface area contributed by atoms with E-state index in [1.165, 1.54) is 0 Å². The molecular formula is C14H16ClN3O. The molecule has 0 aliphatic carbocycles. The first kappa shape index (κ1) is 13.6. The summed E-state index contributed by atoms with van der Waals surface area (Å²) in [6.07, 6.45) is 3.39. The molecule has 0 aliphatic rings. The third-order valence-corrected chi connectivity index (χ3v) is 3.48. The highest BCUT2D eigenvalue weighted by Crippen LogP contribution is 2.37. The molecule has 19 heavy (non-hydrogen) atoms.